The molecule has 4 nitrogen and oxygen atoms in total. The van der Waals surface area contributed by atoms with Crippen LogP contribution >= 0.6 is 0 Å². The normalized spacial score (nSPS) is 10.0. The second-order valence-electron chi connectivity index (χ2n) is 2.50. The number of hydrogen-bond acceptors (Lipinski definition) is 4. The molecule has 3 N–H and O–H groups in total. The van der Waals surface area contributed by atoms with Crippen LogP contribution in [0.5, 0.6) is 17.2 Å². The highest BCUT2D eigenvalue weighted by Gasteiger charge is 2.11. The molecule has 0 amide bonds. The van der Waals surface area contributed by atoms with Crippen molar-refractivity contribution in [3.05, 3.63) is 17.7 Å². The lowest BCUT2D eigenvalue weighted by molar-refractivity contribution is 0.257. The molecule has 0 fully saturated rings. The number of aliphatic hydroxyl groups is 1. The summed E-state index contributed by atoms with van der Waals surface area (Å²) in [5, 5.41) is 27.3. The van der Waals surface area contributed by atoms with Crippen molar-refractivity contribution in [3.8, 4) is 17.2 Å². The van der Waals surface area contributed by atoms with Crippen molar-refractivity contribution >= 4 is 0 Å². The lowest BCUT2D eigenvalue weighted by Crippen LogP contribution is -1.96. The van der Waals surface area contributed by atoms with Crippen molar-refractivity contribution in [1.29, 1.82) is 0 Å². The molecule has 72 valence electrons. The van der Waals surface area contributed by atoms with Crippen molar-refractivity contribution in [2.45, 2.75) is 13.5 Å². The van der Waals surface area contributed by atoms with Crippen LogP contribution in [0.25, 0.3) is 0 Å². The molecular weight excluding hydrogens is 172 g/mol. The molecular formula is C9H12O4. The number of rotatable bonds is 3. The predicted octanol–water partition coefficient (Wildman–Crippen LogP) is 0.989. The van der Waals surface area contributed by atoms with Gasteiger partial charge in [-0.3, -0.25) is 0 Å². The first-order valence-corrected chi connectivity index (χ1v) is 3.98. The molecule has 0 saturated heterocycles. The highest BCUT2D eigenvalue weighted by atomic mass is 16.5. The summed E-state index contributed by atoms with van der Waals surface area (Å²) in [5.41, 5.74) is 0.210. The number of phenolic OH excluding ortho intramolecular Hbond substituents is 1. The zero-order valence-electron chi connectivity index (χ0n) is 7.32. The number of phenols is 2. The first-order valence-electron chi connectivity index (χ1n) is 3.98. The van der Waals surface area contributed by atoms with Crippen LogP contribution in [0.3, 0.4) is 0 Å². The monoisotopic (exact) mass is 184 g/mol. The van der Waals surface area contributed by atoms with Gasteiger partial charge in [0, 0.05) is 0 Å². The Kier molecular flexibility index (Phi) is 2.97. The van der Waals surface area contributed by atoms with Crippen LogP contribution in [0.2, 0.25) is 0 Å². The minimum absolute atomic E-state index is 0.210. The number of aromatic hydroxyl groups is 2. The molecule has 0 bridgehead atoms. The summed E-state index contributed by atoms with van der Waals surface area (Å²) in [5.74, 6) is -0.193. The van der Waals surface area contributed by atoms with E-state index in [2.05, 4.69) is 0 Å². The Balaban J connectivity index is 3.13. The van der Waals surface area contributed by atoms with Gasteiger partial charge in [-0.05, 0) is 19.1 Å². The molecule has 4 heteroatoms. The Labute approximate surface area is 76.0 Å². The van der Waals surface area contributed by atoms with E-state index >= 15 is 0 Å². The average molecular weight is 184 g/mol. The molecule has 1 aromatic rings. The molecule has 0 aliphatic rings. The maximum atomic E-state index is 9.32. The summed E-state index contributed by atoms with van der Waals surface area (Å²) in [7, 11) is 0. The standard InChI is InChI=1S/C9H12O4/c1-2-13-8-4-3-7(11)9(12)6(8)5-10/h3-4,10-12H,2,5H2,1H3. The second-order valence-corrected chi connectivity index (χ2v) is 2.50. The van der Waals surface area contributed by atoms with Crippen LogP contribution in [0, 0.1) is 0 Å². The number of benzene rings is 1. The van der Waals surface area contributed by atoms with Gasteiger partial charge in [-0.1, -0.05) is 0 Å². The zero-order valence-corrected chi connectivity index (χ0v) is 7.32. The van der Waals surface area contributed by atoms with Crippen LogP contribution in [-0.2, 0) is 6.61 Å². The minimum atomic E-state index is -0.366. The van der Waals surface area contributed by atoms with E-state index in [0.717, 1.165) is 0 Å². The molecule has 0 saturated carbocycles. The Morgan fingerprint density at radius 3 is 2.54 bits per heavy atom. The largest absolute Gasteiger partial charge is 0.504 e. The van der Waals surface area contributed by atoms with Gasteiger partial charge >= 0.3 is 0 Å². The first kappa shape index (κ1) is 9.67. The third kappa shape index (κ3) is 1.84. The van der Waals surface area contributed by atoms with Crippen molar-refractivity contribution in [2.24, 2.45) is 0 Å². The van der Waals surface area contributed by atoms with Crippen molar-refractivity contribution in [2.75, 3.05) is 6.61 Å². The summed E-state index contributed by atoms with van der Waals surface area (Å²) >= 11 is 0. The summed E-state index contributed by atoms with van der Waals surface area (Å²) < 4.78 is 5.13. The maximum Gasteiger partial charge on any atom is 0.166 e. The lowest BCUT2D eigenvalue weighted by atomic mass is 10.1. The summed E-state index contributed by atoms with van der Waals surface area (Å²) in [6.45, 7) is 1.87. The Bertz CT molecular complexity index is 296. The van der Waals surface area contributed by atoms with Crippen LogP contribution in [0.1, 0.15) is 12.5 Å². The molecule has 0 radical (unpaired) electrons. The molecule has 0 unspecified atom stereocenters. The molecule has 0 heterocycles. The minimum Gasteiger partial charge on any atom is -0.504 e. The Morgan fingerprint density at radius 1 is 1.31 bits per heavy atom. The van der Waals surface area contributed by atoms with E-state index in [9.17, 15) is 5.11 Å². The van der Waals surface area contributed by atoms with Crippen LogP contribution in [-0.4, -0.2) is 21.9 Å². The van der Waals surface area contributed by atoms with Crippen LogP contribution < -0.4 is 4.74 Å². The van der Waals surface area contributed by atoms with Gasteiger partial charge in [0.15, 0.2) is 11.5 Å². The molecule has 0 aromatic heterocycles. The summed E-state index contributed by atoms with van der Waals surface area (Å²) in [6.07, 6.45) is 0. The van der Waals surface area contributed by atoms with E-state index in [1.54, 1.807) is 6.92 Å². The molecule has 1 rings (SSSR count). The molecule has 0 aliphatic carbocycles. The fourth-order valence-corrected chi connectivity index (χ4v) is 1.05. The third-order valence-corrected chi connectivity index (χ3v) is 1.68. The second kappa shape index (κ2) is 4.00. The SMILES string of the molecule is CCOc1ccc(O)c(O)c1CO. The maximum absolute atomic E-state index is 9.32. The smallest absolute Gasteiger partial charge is 0.166 e. The zero-order chi connectivity index (χ0) is 9.84. The van der Waals surface area contributed by atoms with Gasteiger partial charge in [0.2, 0.25) is 0 Å². The van der Waals surface area contributed by atoms with Gasteiger partial charge in [0.05, 0.1) is 18.8 Å². The average Bonchev–Trinajstić information content (AvgIpc) is 2.12. The molecule has 0 atom stereocenters. The van der Waals surface area contributed by atoms with Gasteiger partial charge in [0.25, 0.3) is 0 Å². The number of aliphatic hydroxyl groups excluding tert-OH is 1. The highest BCUT2D eigenvalue weighted by Crippen LogP contribution is 2.35. The Morgan fingerprint density at radius 2 is 2.00 bits per heavy atom. The highest BCUT2D eigenvalue weighted by molar-refractivity contribution is 5.51. The predicted molar refractivity (Wildman–Crippen MR) is 46.9 cm³/mol. The van der Waals surface area contributed by atoms with Crippen LogP contribution in [0.15, 0.2) is 12.1 Å². The topological polar surface area (TPSA) is 69.9 Å². The third-order valence-electron chi connectivity index (χ3n) is 1.68. The molecule has 1 aromatic carbocycles. The van der Waals surface area contributed by atoms with E-state index in [0.29, 0.717) is 12.4 Å². The summed E-state index contributed by atoms with van der Waals surface area (Å²) in [6, 6.07) is 2.82. The lowest BCUT2D eigenvalue weighted by Gasteiger charge is -2.10. The van der Waals surface area contributed by atoms with Gasteiger partial charge in [-0.15, -0.1) is 0 Å². The number of ether oxygens (including phenoxy) is 1. The molecule has 0 aliphatic heterocycles. The van der Waals surface area contributed by atoms with E-state index in [1.165, 1.54) is 12.1 Å². The van der Waals surface area contributed by atoms with Crippen LogP contribution in [0.4, 0.5) is 0 Å². The van der Waals surface area contributed by atoms with Gasteiger partial charge in [0.1, 0.15) is 5.75 Å². The first-order chi connectivity index (χ1) is 6.20. The van der Waals surface area contributed by atoms with Gasteiger partial charge in [-0.25, -0.2) is 0 Å². The van der Waals surface area contributed by atoms with E-state index in [4.69, 9.17) is 14.9 Å². The van der Waals surface area contributed by atoms with Crippen molar-refractivity contribution < 1.29 is 20.1 Å². The van der Waals surface area contributed by atoms with E-state index in [-0.39, 0.29) is 23.7 Å². The van der Waals surface area contributed by atoms with Crippen molar-refractivity contribution in [3.63, 3.8) is 0 Å². The number of hydrogen-bond donors (Lipinski definition) is 3. The van der Waals surface area contributed by atoms with Crippen molar-refractivity contribution in [1.82, 2.24) is 0 Å². The van der Waals surface area contributed by atoms with Gasteiger partial charge < -0.3 is 20.1 Å². The summed E-state index contributed by atoms with van der Waals surface area (Å²) in [4.78, 5) is 0. The fraction of sp³-hybridized carbons (Fsp3) is 0.333. The Hall–Kier alpha value is -1.42. The van der Waals surface area contributed by atoms with E-state index < -0.39 is 0 Å². The molecule has 13 heavy (non-hydrogen) atoms. The van der Waals surface area contributed by atoms with E-state index in [1.807, 2.05) is 0 Å². The fourth-order valence-electron chi connectivity index (χ4n) is 1.05. The quantitative estimate of drug-likeness (QED) is 0.612. The van der Waals surface area contributed by atoms with Gasteiger partial charge in [-0.2, -0.15) is 0 Å². The molecule has 0 spiro atoms.